The number of ketones is 1. The number of benzene rings is 2. The smallest absolute Gasteiger partial charge is 0.351 e. The lowest BCUT2D eigenvalue weighted by Gasteiger charge is -2.05. The standard InChI is InChI=1S/C19H13BrO5/c1-11-2-4-12(5-3-11)16(21)10-24-18(22)15-9-13-8-14(20)6-7-17(13)25-19(15)23/h2-9H,10H2,1H3. The lowest BCUT2D eigenvalue weighted by Crippen LogP contribution is -2.20. The number of aryl methyl sites for hydroxylation is 1. The van der Waals surface area contributed by atoms with Crippen LogP contribution in [0.1, 0.15) is 26.3 Å². The van der Waals surface area contributed by atoms with Gasteiger partial charge in [-0.3, -0.25) is 4.79 Å². The molecule has 0 radical (unpaired) electrons. The van der Waals surface area contributed by atoms with Crippen molar-refractivity contribution < 1.29 is 18.7 Å². The molecule has 0 saturated carbocycles. The lowest BCUT2D eigenvalue weighted by atomic mass is 10.1. The van der Waals surface area contributed by atoms with Gasteiger partial charge in [-0.2, -0.15) is 0 Å². The number of carbonyl (C=O) groups excluding carboxylic acids is 2. The second-order valence-corrected chi connectivity index (χ2v) is 6.41. The molecule has 0 N–H and O–H groups in total. The number of carbonyl (C=O) groups is 2. The Balaban J connectivity index is 1.78. The second-order valence-electron chi connectivity index (χ2n) is 5.50. The zero-order valence-corrected chi connectivity index (χ0v) is 14.8. The first-order valence-electron chi connectivity index (χ1n) is 7.44. The molecule has 0 bridgehead atoms. The van der Waals surface area contributed by atoms with E-state index in [0.717, 1.165) is 10.0 Å². The predicted octanol–water partition coefficient (Wildman–Crippen LogP) is 3.90. The van der Waals surface area contributed by atoms with Gasteiger partial charge >= 0.3 is 11.6 Å². The van der Waals surface area contributed by atoms with Gasteiger partial charge in [0, 0.05) is 15.4 Å². The van der Waals surface area contributed by atoms with Crippen molar-refractivity contribution in [2.75, 3.05) is 6.61 Å². The first-order valence-corrected chi connectivity index (χ1v) is 8.24. The van der Waals surface area contributed by atoms with E-state index in [1.807, 2.05) is 6.92 Å². The molecule has 1 aromatic heterocycles. The first-order chi connectivity index (χ1) is 11.9. The molecular weight excluding hydrogens is 388 g/mol. The van der Waals surface area contributed by atoms with Crippen LogP contribution < -0.4 is 5.63 Å². The van der Waals surface area contributed by atoms with Gasteiger partial charge in [-0.1, -0.05) is 45.8 Å². The Bertz CT molecular complexity index is 1020. The largest absolute Gasteiger partial charge is 0.453 e. The van der Waals surface area contributed by atoms with Gasteiger partial charge in [-0.25, -0.2) is 9.59 Å². The van der Waals surface area contributed by atoms with Gasteiger partial charge < -0.3 is 9.15 Å². The number of Topliss-reactive ketones (excluding diaryl/α,β-unsaturated/α-hetero) is 1. The summed E-state index contributed by atoms with van der Waals surface area (Å²) in [4.78, 5) is 36.1. The number of fused-ring (bicyclic) bond motifs is 1. The van der Waals surface area contributed by atoms with Crippen LogP contribution in [0.4, 0.5) is 0 Å². The van der Waals surface area contributed by atoms with Crippen molar-refractivity contribution in [3.63, 3.8) is 0 Å². The highest BCUT2D eigenvalue weighted by atomic mass is 79.9. The van der Waals surface area contributed by atoms with E-state index in [0.29, 0.717) is 16.5 Å². The van der Waals surface area contributed by atoms with Crippen LogP contribution in [-0.4, -0.2) is 18.4 Å². The maximum absolute atomic E-state index is 12.1. The molecule has 0 aliphatic carbocycles. The lowest BCUT2D eigenvalue weighted by molar-refractivity contribution is 0.0470. The van der Waals surface area contributed by atoms with Crippen LogP contribution in [0, 0.1) is 6.92 Å². The molecule has 0 amide bonds. The van der Waals surface area contributed by atoms with Crippen LogP contribution in [0.15, 0.2) is 62.2 Å². The minimum absolute atomic E-state index is 0.248. The fourth-order valence-corrected chi connectivity index (χ4v) is 2.65. The van der Waals surface area contributed by atoms with E-state index in [4.69, 9.17) is 9.15 Å². The molecule has 0 saturated heterocycles. The molecule has 0 spiro atoms. The zero-order valence-electron chi connectivity index (χ0n) is 13.2. The highest BCUT2D eigenvalue weighted by Gasteiger charge is 2.17. The van der Waals surface area contributed by atoms with E-state index in [9.17, 15) is 14.4 Å². The normalized spacial score (nSPS) is 10.6. The van der Waals surface area contributed by atoms with Gasteiger partial charge in [0.1, 0.15) is 11.1 Å². The van der Waals surface area contributed by atoms with Gasteiger partial charge in [-0.05, 0) is 31.2 Å². The Kier molecular flexibility index (Phi) is 4.81. The molecule has 0 unspecified atom stereocenters. The molecule has 0 aliphatic heterocycles. The van der Waals surface area contributed by atoms with Crippen molar-refractivity contribution in [3.8, 4) is 0 Å². The number of rotatable bonds is 4. The van der Waals surface area contributed by atoms with Crippen LogP contribution in [-0.2, 0) is 4.74 Å². The maximum atomic E-state index is 12.1. The Labute approximate surface area is 151 Å². The summed E-state index contributed by atoms with van der Waals surface area (Å²) >= 11 is 3.31. The van der Waals surface area contributed by atoms with Crippen molar-refractivity contribution in [1.82, 2.24) is 0 Å². The van der Waals surface area contributed by atoms with Crippen LogP contribution in [0.3, 0.4) is 0 Å². The summed E-state index contributed by atoms with van der Waals surface area (Å²) in [5.74, 6) is -1.24. The van der Waals surface area contributed by atoms with E-state index in [1.54, 1.807) is 42.5 Å². The molecule has 6 heteroatoms. The monoisotopic (exact) mass is 400 g/mol. The second kappa shape index (κ2) is 7.03. The van der Waals surface area contributed by atoms with Crippen LogP contribution in [0.5, 0.6) is 0 Å². The molecule has 3 rings (SSSR count). The third kappa shape index (κ3) is 3.85. The molecule has 5 nitrogen and oxygen atoms in total. The minimum Gasteiger partial charge on any atom is -0.453 e. The van der Waals surface area contributed by atoms with Gasteiger partial charge in [0.05, 0.1) is 0 Å². The van der Waals surface area contributed by atoms with Crippen LogP contribution in [0.25, 0.3) is 11.0 Å². The SMILES string of the molecule is Cc1ccc(C(=O)COC(=O)c2cc3cc(Br)ccc3oc2=O)cc1. The van der Waals surface area contributed by atoms with E-state index >= 15 is 0 Å². The number of hydrogen-bond donors (Lipinski definition) is 0. The zero-order chi connectivity index (χ0) is 18.0. The molecule has 1 heterocycles. The molecule has 0 aliphatic rings. The molecule has 3 aromatic rings. The molecule has 0 atom stereocenters. The van der Waals surface area contributed by atoms with Crippen molar-refractivity contribution >= 4 is 38.7 Å². The summed E-state index contributed by atoms with van der Waals surface area (Å²) in [5.41, 5.74) is 0.770. The number of hydrogen-bond acceptors (Lipinski definition) is 5. The van der Waals surface area contributed by atoms with Crippen molar-refractivity contribution in [2.24, 2.45) is 0 Å². The summed E-state index contributed by atoms with van der Waals surface area (Å²) in [6, 6.07) is 13.4. The highest BCUT2D eigenvalue weighted by molar-refractivity contribution is 9.10. The minimum atomic E-state index is -0.893. The van der Waals surface area contributed by atoms with Gasteiger partial charge in [0.15, 0.2) is 12.4 Å². The van der Waals surface area contributed by atoms with Crippen molar-refractivity contribution in [2.45, 2.75) is 6.92 Å². The van der Waals surface area contributed by atoms with E-state index < -0.39 is 18.2 Å². The topological polar surface area (TPSA) is 73.6 Å². The predicted molar refractivity (Wildman–Crippen MR) is 96.0 cm³/mol. The van der Waals surface area contributed by atoms with Crippen molar-refractivity contribution in [1.29, 1.82) is 0 Å². The Hall–Kier alpha value is -2.73. The van der Waals surface area contributed by atoms with Gasteiger partial charge in [0.25, 0.3) is 0 Å². The maximum Gasteiger partial charge on any atom is 0.351 e. The molecule has 25 heavy (non-hydrogen) atoms. The Morgan fingerprint density at radius 1 is 1.08 bits per heavy atom. The summed E-state index contributed by atoms with van der Waals surface area (Å²) in [7, 11) is 0. The first kappa shape index (κ1) is 17.1. The summed E-state index contributed by atoms with van der Waals surface area (Å²) in [6.45, 7) is 1.46. The van der Waals surface area contributed by atoms with E-state index in [1.165, 1.54) is 6.07 Å². The molecule has 0 fully saturated rings. The van der Waals surface area contributed by atoms with Gasteiger partial charge in [-0.15, -0.1) is 0 Å². The average Bonchev–Trinajstić information content (AvgIpc) is 2.59. The van der Waals surface area contributed by atoms with E-state index in [-0.39, 0.29) is 11.3 Å². The molecule has 2 aromatic carbocycles. The summed E-state index contributed by atoms with van der Waals surface area (Å²) in [6.07, 6.45) is 0. The van der Waals surface area contributed by atoms with Crippen LogP contribution >= 0.6 is 15.9 Å². The summed E-state index contributed by atoms with van der Waals surface area (Å²) < 4.78 is 10.9. The highest BCUT2D eigenvalue weighted by Crippen LogP contribution is 2.19. The van der Waals surface area contributed by atoms with Crippen molar-refractivity contribution in [3.05, 3.63) is 80.1 Å². The number of esters is 1. The van der Waals surface area contributed by atoms with E-state index in [2.05, 4.69) is 15.9 Å². The molecular formula is C19H13BrO5. The third-order valence-corrected chi connectivity index (χ3v) is 4.12. The van der Waals surface area contributed by atoms with Crippen LogP contribution in [0.2, 0.25) is 0 Å². The third-order valence-electron chi connectivity index (χ3n) is 3.62. The van der Waals surface area contributed by atoms with Gasteiger partial charge in [0.2, 0.25) is 0 Å². The quantitative estimate of drug-likeness (QED) is 0.377. The fraction of sp³-hybridized carbons (Fsp3) is 0.105. The fourth-order valence-electron chi connectivity index (χ4n) is 2.27. The average molecular weight is 401 g/mol. The summed E-state index contributed by atoms with van der Waals surface area (Å²) in [5, 5.41) is 0.575. The molecule has 126 valence electrons. The number of ether oxygens (including phenoxy) is 1. The Morgan fingerprint density at radius 2 is 1.80 bits per heavy atom. The Morgan fingerprint density at radius 3 is 2.52 bits per heavy atom. The number of halogens is 1.